The highest BCUT2D eigenvalue weighted by molar-refractivity contribution is 6.43. The molecule has 0 radical (unpaired) electrons. The number of amides is 4. The van der Waals surface area contributed by atoms with Crippen molar-refractivity contribution in [3.8, 4) is 0 Å². The molecule has 1 saturated heterocycles. The molecule has 1 aromatic rings. The maximum atomic E-state index is 15.7. The Morgan fingerprint density at radius 3 is 2.24 bits per heavy atom. The SMILES string of the molecule is CCC(=O)N[C@@H](C(=O)N1CCN(C)[C@H](C)C1)[C@@H](C)c1ccc(NC(=O)[C@@H](NC(=O)C(/C=C\N)=NCC(F)(F)F)C(C2CC2)C2CC2)c(F)c1. The van der Waals surface area contributed by atoms with Gasteiger partial charge in [-0.05, 0) is 87.4 Å². The first kappa shape index (κ1) is 37.8. The second-order valence-electron chi connectivity index (χ2n) is 13.4. The highest BCUT2D eigenvalue weighted by atomic mass is 19.4. The molecule has 49 heavy (non-hydrogen) atoms. The monoisotopic (exact) mass is 693 g/mol. The van der Waals surface area contributed by atoms with Gasteiger partial charge in [-0.25, -0.2) is 4.39 Å². The van der Waals surface area contributed by atoms with E-state index in [0.717, 1.165) is 38.0 Å². The standard InChI is InChI=1S/C34H47F4N7O4/c1-5-27(46)42-29(33(49)45-15-14-44(4)19(2)17-45)20(3)23-10-11-25(24(35)16-23)41-32(48)30(28(21-6-7-21)22-8-9-22)43-31(47)26(12-13-39)40-18-34(36,37)38/h10-13,16,19-22,28-30H,5-9,14-15,17-18,39H2,1-4H3,(H,41,48)(H,42,46)(H,43,47)/b13-12-,40-26?/t19-,20+,29-,30+/m1/s1. The maximum Gasteiger partial charge on any atom is 0.407 e. The molecule has 0 bridgehead atoms. The van der Waals surface area contributed by atoms with E-state index in [1.54, 1.807) is 24.8 Å². The number of benzene rings is 1. The molecule has 0 spiro atoms. The highest BCUT2D eigenvalue weighted by Gasteiger charge is 2.48. The van der Waals surface area contributed by atoms with Gasteiger partial charge in [0.25, 0.3) is 5.91 Å². The number of likely N-dealkylation sites (N-methyl/N-ethyl adjacent to an activating group) is 1. The molecule has 1 heterocycles. The van der Waals surface area contributed by atoms with Crippen LogP contribution in [0.5, 0.6) is 0 Å². The van der Waals surface area contributed by atoms with Gasteiger partial charge in [0.1, 0.15) is 30.2 Å². The van der Waals surface area contributed by atoms with E-state index >= 15 is 4.39 Å². The third-order valence-electron chi connectivity index (χ3n) is 9.65. The summed E-state index contributed by atoms with van der Waals surface area (Å²) in [5.41, 5.74) is 5.01. The molecular formula is C34H47F4N7O4. The van der Waals surface area contributed by atoms with Crippen LogP contribution >= 0.6 is 0 Å². The fourth-order valence-electron chi connectivity index (χ4n) is 6.35. The Kier molecular flexibility index (Phi) is 12.4. The van der Waals surface area contributed by atoms with Crippen molar-refractivity contribution < 1.29 is 36.7 Å². The van der Waals surface area contributed by atoms with Crippen LogP contribution in [0.1, 0.15) is 64.4 Å². The number of carbonyl (C=O) groups is 4. The number of alkyl halides is 3. The van der Waals surface area contributed by atoms with E-state index < -0.39 is 54.1 Å². The summed E-state index contributed by atoms with van der Waals surface area (Å²) in [6.45, 7) is 5.45. The van der Waals surface area contributed by atoms with Crippen LogP contribution < -0.4 is 21.7 Å². The van der Waals surface area contributed by atoms with Crippen molar-refractivity contribution in [2.24, 2.45) is 28.5 Å². The van der Waals surface area contributed by atoms with E-state index in [1.165, 1.54) is 12.1 Å². The van der Waals surface area contributed by atoms with Gasteiger partial charge in [-0.2, -0.15) is 13.2 Å². The predicted octanol–water partition coefficient (Wildman–Crippen LogP) is 3.32. The molecule has 1 aliphatic heterocycles. The zero-order valence-corrected chi connectivity index (χ0v) is 28.4. The first-order valence-corrected chi connectivity index (χ1v) is 16.8. The first-order chi connectivity index (χ1) is 23.1. The van der Waals surface area contributed by atoms with Gasteiger partial charge in [-0.1, -0.05) is 19.9 Å². The van der Waals surface area contributed by atoms with Gasteiger partial charge in [0.2, 0.25) is 17.7 Å². The van der Waals surface area contributed by atoms with Crippen LogP contribution in [0.2, 0.25) is 0 Å². The molecule has 2 saturated carbocycles. The van der Waals surface area contributed by atoms with Crippen LogP contribution in [-0.4, -0.2) is 96.7 Å². The zero-order chi connectivity index (χ0) is 36.0. The van der Waals surface area contributed by atoms with Crippen molar-refractivity contribution in [1.29, 1.82) is 0 Å². The molecule has 270 valence electrons. The van der Waals surface area contributed by atoms with Crippen LogP contribution in [0.15, 0.2) is 35.5 Å². The number of hydrogen-bond donors (Lipinski definition) is 4. The first-order valence-electron chi connectivity index (χ1n) is 16.8. The Morgan fingerprint density at radius 2 is 1.71 bits per heavy atom. The zero-order valence-electron chi connectivity index (χ0n) is 28.4. The summed E-state index contributed by atoms with van der Waals surface area (Å²) in [5, 5.41) is 7.95. The van der Waals surface area contributed by atoms with Crippen molar-refractivity contribution in [3.63, 3.8) is 0 Å². The number of nitrogens with one attached hydrogen (secondary N) is 3. The minimum Gasteiger partial charge on any atom is -0.405 e. The minimum atomic E-state index is -4.66. The van der Waals surface area contributed by atoms with Crippen LogP contribution in [0.4, 0.5) is 23.2 Å². The number of aliphatic imine (C=N–C) groups is 1. The fourth-order valence-corrected chi connectivity index (χ4v) is 6.35. The van der Waals surface area contributed by atoms with Crippen molar-refractivity contribution in [3.05, 3.63) is 41.9 Å². The number of carbonyl (C=O) groups excluding carboxylic acids is 4. The average molecular weight is 694 g/mol. The summed E-state index contributed by atoms with van der Waals surface area (Å²) in [5.74, 6) is -3.73. The predicted molar refractivity (Wildman–Crippen MR) is 177 cm³/mol. The lowest BCUT2D eigenvalue weighted by Crippen LogP contribution is -2.58. The molecule has 15 heteroatoms. The third-order valence-corrected chi connectivity index (χ3v) is 9.65. The van der Waals surface area contributed by atoms with Gasteiger partial charge in [-0.3, -0.25) is 24.2 Å². The molecule has 11 nitrogen and oxygen atoms in total. The number of nitrogens with zero attached hydrogens (tertiary/aromatic N) is 3. The molecule has 2 aliphatic carbocycles. The van der Waals surface area contributed by atoms with Gasteiger partial charge in [0, 0.05) is 38.0 Å². The van der Waals surface area contributed by atoms with Gasteiger partial charge >= 0.3 is 6.18 Å². The van der Waals surface area contributed by atoms with Crippen LogP contribution in [-0.2, 0) is 19.2 Å². The maximum absolute atomic E-state index is 15.7. The summed E-state index contributed by atoms with van der Waals surface area (Å²) < 4.78 is 54.3. The second-order valence-corrected chi connectivity index (χ2v) is 13.4. The smallest absolute Gasteiger partial charge is 0.405 e. The number of anilines is 1. The van der Waals surface area contributed by atoms with Crippen molar-refractivity contribution in [2.75, 3.05) is 38.5 Å². The summed E-state index contributed by atoms with van der Waals surface area (Å²) >= 11 is 0. The van der Waals surface area contributed by atoms with Crippen LogP contribution in [0.25, 0.3) is 0 Å². The van der Waals surface area contributed by atoms with Crippen molar-refractivity contribution >= 4 is 35.0 Å². The molecule has 4 amide bonds. The van der Waals surface area contributed by atoms with Gasteiger partial charge < -0.3 is 31.5 Å². The molecule has 5 N–H and O–H groups in total. The lowest BCUT2D eigenvalue weighted by Gasteiger charge is -2.40. The Bertz CT molecular complexity index is 1430. The van der Waals surface area contributed by atoms with Gasteiger partial charge in [0.15, 0.2) is 0 Å². The Hall–Kier alpha value is -4.01. The Morgan fingerprint density at radius 1 is 1.06 bits per heavy atom. The van der Waals surface area contributed by atoms with E-state index in [4.69, 9.17) is 5.73 Å². The van der Waals surface area contributed by atoms with Crippen molar-refractivity contribution in [2.45, 2.75) is 83.1 Å². The topological polar surface area (TPSA) is 149 Å². The number of piperazine rings is 1. The Balaban J connectivity index is 1.55. The molecule has 4 atom stereocenters. The van der Waals surface area contributed by atoms with E-state index in [0.29, 0.717) is 25.2 Å². The van der Waals surface area contributed by atoms with Crippen molar-refractivity contribution in [1.82, 2.24) is 20.4 Å². The molecule has 0 unspecified atom stereocenters. The lowest BCUT2D eigenvalue weighted by atomic mass is 9.88. The fraction of sp³-hybridized carbons (Fsp3) is 0.618. The second kappa shape index (κ2) is 16.1. The number of halogens is 4. The molecule has 3 fully saturated rings. The largest absolute Gasteiger partial charge is 0.407 e. The number of nitrogens with two attached hydrogens (primary N) is 1. The summed E-state index contributed by atoms with van der Waals surface area (Å²) in [6.07, 6.45) is 0.661. The van der Waals surface area contributed by atoms with Gasteiger partial charge in [-0.15, -0.1) is 0 Å². The molecule has 1 aromatic carbocycles. The number of rotatable bonds is 14. The van der Waals surface area contributed by atoms with E-state index in [2.05, 4.69) is 25.8 Å². The summed E-state index contributed by atoms with van der Waals surface area (Å²) in [6, 6.07) is 2.14. The van der Waals surface area contributed by atoms with Crippen LogP contribution in [0.3, 0.4) is 0 Å². The average Bonchev–Trinajstić information content (AvgIpc) is 3.99. The molecular weight excluding hydrogens is 646 g/mol. The highest BCUT2D eigenvalue weighted by Crippen LogP contribution is 2.51. The summed E-state index contributed by atoms with van der Waals surface area (Å²) in [4.78, 5) is 60.2. The summed E-state index contributed by atoms with van der Waals surface area (Å²) in [7, 11) is 1.98. The molecule has 4 rings (SSSR count). The number of hydrogen-bond acceptors (Lipinski definition) is 7. The normalized spacial score (nSPS) is 21.0. The van der Waals surface area contributed by atoms with E-state index in [1.807, 2.05) is 14.0 Å². The Labute approximate surface area is 284 Å². The van der Waals surface area contributed by atoms with E-state index in [9.17, 15) is 32.3 Å². The lowest BCUT2D eigenvalue weighted by molar-refractivity contribution is -0.139. The quantitative estimate of drug-likeness (QED) is 0.174. The molecule has 3 aliphatic rings. The minimum absolute atomic E-state index is 0.125. The van der Waals surface area contributed by atoms with Crippen LogP contribution in [0, 0.1) is 23.6 Å². The van der Waals surface area contributed by atoms with Gasteiger partial charge in [0.05, 0.1) is 5.69 Å². The third kappa shape index (κ3) is 10.2. The molecule has 0 aromatic heterocycles. The van der Waals surface area contributed by atoms with E-state index in [-0.39, 0.29) is 47.7 Å².